The average molecular weight is 376 g/mol. The van der Waals surface area contributed by atoms with Crippen LogP contribution in [0.25, 0.3) is 0 Å². The molecule has 7 heteroatoms. The molecule has 2 aromatic rings. The van der Waals surface area contributed by atoms with Gasteiger partial charge in [0.25, 0.3) is 0 Å². The fourth-order valence-electron chi connectivity index (χ4n) is 3.14. The second-order valence-electron chi connectivity index (χ2n) is 6.20. The number of hydrogen-bond donors (Lipinski definition) is 1. The Morgan fingerprint density at radius 2 is 2.00 bits per heavy atom. The number of rotatable bonds is 5. The van der Waals surface area contributed by atoms with Crippen molar-refractivity contribution in [1.82, 2.24) is 9.62 Å². The van der Waals surface area contributed by atoms with Crippen LogP contribution >= 0.6 is 0 Å². The number of nitrogens with one attached hydrogen (secondary N) is 1. The van der Waals surface area contributed by atoms with Crippen molar-refractivity contribution in [2.24, 2.45) is 0 Å². The Morgan fingerprint density at radius 1 is 1.23 bits per heavy atom. The molecule has 1 aliphatic rings. The van der Waals surface area contributed by atoms with Gasteiger partial charge >= 0.3 is 0 Å². The first-order chi connectivity index (χ1) is 12.4. The number of carbonyl (C=O) groups is 1. The lowest BCUT2D eigenvalue weighted by molar-refractivity contribution is 0.0988. The molecule has 1 atom stereocenters. The molecule has 0 spiro atoms. The Hall–Kier alpha value is -2.09. The third-order valence-corrected chi connectivity index (χ3v) is 6.42. The molecule has 138 valence electrons. The van der Waals surface area contributed by atoms with Crippen LogP contribution in [-0.2, 0) is 10.0 Å². The zero-order chi connectivity index (χ0) is 18.7. The minimum atomic E-state index is -3.82. The van der Waals surface area contributed by atoms with Crippen molar-refractivity contribution >= 4 is 15.8 Å². The maximum Gasteiger partial charge on any atom is 0.243 e. The average Bonchev–Trinajstić information content (AvgIpc) is 2.67. The monoisotopic (exact) mass is 376 g/mol. The molecule has 1 saturated heterocycles. The molecule has 2 aromatic carbocycles. The summed E-state index contributed by atoms with van der Waals surface area (Å²) < 4.78 is 41.4. The summed E-state index contributed by atoms with van der Waals surface area (Å²) in [7, 11) is -3.82. The minimum absolute atomic E-state index is 0.0834. The number of nitrogens with zero attached hydrogens (tertiary/aromatic N) is 1. The summed E-state index contributed by atoms with van der Waals surface area (Å²) in [6, 6.07) is 11.6. The Morgan fingerprint density at radius 3 is 2.73 bits per heavy atom. The zero-order valence-corrected chi connectivity index (χ0v) is 15.3. The maximum atomic E-state index is 13.6. The van der Waals surface area contributed by atoms with Gasteiger partial charge in [0.2, 0.25) is 10.0 Å². The second kappa shape index (κ2) is 7.65. The van der Waals surface area contributed by atoms with Crippen molar-refractivity contribution in [1.29, 1.82) is 0 Å². The lowest BCUT2D eigenvalue weighted by atomic mass is 10.1. The van der Waals surface area contributed by atoms with Gasteiger partial charge in [0, 0.05) is 31.6 Å². The van der Waals surface area contributed by atoms with Crippen molar-refractivity contribution in [3.63, 3.8) is 0 Å². The number of ketones is 1. The van der Waals surface area contributed by atoms with Crippen LogP contribution in [0.5, 0.6) is 0 Å². The van der Waals surface area contributed by atoms with Gasteiger partial charge in [0.15, 0.2) is 5.78 Å². The van der Waals surface area contributed by atoms with E-state index in [-0.39, 0.29) is 17.2 Å². The molecule has 1 N–H and O–H groups in total. The van der Waals surface area contributed by atoms with Crippen LogP contribution in [0.4, 0.5) is 4.39 Å². The van der Waals surface area contributed by atoms with E-state index in [4.69, 9.17) is 0 Å². The molecule has 1 aliphatic heterocycles. The molecule has 0 radical (unpaired) electrons. The first-order valence-electron chi connectivity index (χ1n) is 8.54. The predicted octanol–water partition coefficient (Wildman–Crippen LogP) is 2.75. The van der Waals surface area contributed by atoms with Crippen molar-refractivity contribution in [3.8, 4) is 0 Å². The highest BCUT2D eigenvalue weighted by Crippen LogP contribution is 2.29. The molecular weight excluding hydrogens is 355 g/mol. The van der Waals surface area contributed by atoms with E-state index in [2.05, 4.69) is 5.32 Å². The Bertz CT molecular complexity index is 915. The van der Waals surface area contributed by atoms with E-state index in [0.29, 0.717) is 30.6 Å². The molecule has 0 bridgehead atoms. The lowest BCUT2D eigenvalue weighted by Gasteiger charge is -2.35. The van der Waals surface area contributed by atoms with Gasteiger partial charge < -0.3 is 5.32 Å². The van der Waals surface area contributed by atoms with Crippen molar-refractivity contribution in [3.05, 3.63) is 65.5 Å². The molecule has 0 amide bonds. The molecule has 1 heterocycles. The largest absolute Gasteiger partial charge is 0.313 e. The highest BCUT2D eigenvalue weighted by atomic mass is 32.2. The summed E-state index contributed by atoms with van der Waals surface area (Å²) in [6.07, 6.45) is 0.309. The topological polar surface area (TPSA) is 66.5 Å². The summed E-state index contributed by atoms with van der Waals surface area (Å²) in [5.41, 5.74) is 0.979. The summed E-state index contributed by atoms with van der Waals surface area (Å²) in [4.78, 5) is 12.0. The van der Waals surface area contributed by atoms with E-state index < -0.39 is 21.9 Å². The molecular formula is C19H21FN2O3S. The molecule has 26 heavy (non-hydrogen) atoms. The van der Waals surface area contributed by atoms with Crippen LogP contribution in [0.3, 0.4) is 0 Å². The van der Waals surface area contributed by atoms with Crippen LogP contribution in [-0.4, -0.2) is 38.1 Å². The number of benzene rings is 2. The van der Waals surface area contributed by atoms with Gasteiger partial charge in [-0.2, -0.15) is 4.31 Å². The van der Waals surface area contributed by atoms with Crippen LogP contribution in [0.15, 0.2) is 53.4 Å². The van der Waals surface area contributed by atoms with E-state index >= 15 is 0 Å². The van der Waals surface area contributed by atoms with Gasteiger partial charge in [-0.25, -0.2) is 12.8 Å². The van der Waals surface area contributed by atoms with Crippen molar-refractivity contribution < 1.29 is 17.6 Å². The Kier molecular flexibility index (Phi) is 5.50. The number of sulfonamides is 1. The van der Waals surface area contributed by atoms with Crippen LogP contribution < -0.4 is 5.32 Å². The SMILES string of the molecule is CCC(=O)c1cccc(S(=O)(=O)N2CCNCC2c2cccc(F)c2)c1. The standard InChI is InChI=1S/C19H21FN2O3S/c1-2-19(23)15-6-4-8-17(12-15)26(24,25)22-10-9-21-13-18(22)14-5-3-7-16(20)11-14/h3-8,11-12,18,21H,2,9-10,13H2,1H3. The third-order valence-electron chi connectivity index (χ3n) is 4.51. The van der Waals surface area contributed by atoms with Crippen LogP contribution in [0.1, 0.15) is 35.3 Å². The van der Waals surface area contributed by atoms with Gasteiger partial charge in [-0.3, -0.25) is 4.79 Å². The Labute approximate surface area is 152 Å². The quantitative estimate of drug-likeness (QED) is 0.815. The zero-order valence-electron chi connectivity index (χ0n) is 14.5. The molecule has 3 rings (SSSR count). The normalized spacial score (nSPS) is 18.6. The maximum absolute atomic E-state index is 13.6. The number of piperazine rings is 1. The summed E-state index contributed by atoms with van der Waals surface area (Å²) in [5.74, 6) is -0.509. The van der Waals surface area contributed by atoms with E-state index in [9.17, 15) is 17.6 Å². The highest BCUT2D eigenvalue weighted by Gasteiger charge is 2.34. The van der Waals surface area contributed by atoms with Crippen molar-refractivity contribution in [2.75, 3.05) is 19.6 Å². The van der Waals surface area contributed by atoms with Gasteiger partial charge in [0.05, 0.1) is 10.9 Å². The van der Waals surface area contributed by atoms with Crippen molar-refractivity contribution in [2.45, 2.75) is 24.3 Å². The molecule has 0 aromatic heterocycles. The van der Waals surface area contributed by atoms with E-state index in [1.165, 1.54) is 28.6 Å². The second-order valence-corrected chi connectivity index (χ2v) is 8.09. The van der Waals surface area contributed by atoms with Gasteiger partial charge in [0.1, 0.15) is 5.82 Å². The number of Topliss-reactive ketones (excluding diaryl/α,β-unsaturated/α-hetero) is 1. The fourth-order valence-corrected chi connectivity index (χ4v) is 4.80. The molecule has 0 saturated carbocycles. The van der Waals surface area contributed by atoms with E-state index in [1.807, 2.05) is 0 Å². The molecule has 1 unspecified atom stereocenters. The summed E-state index contributed by atoms with van der Waals surface area (Å²) in [5, 5.41) is 3.16. The highest BCUT2D eigenvalue weighted by molar-refractivity contribution is 7.89. The molecule has 0 aliphatic carbocycles. The molecule has 5 nitrogen and oxygen atoms in total. The van der Waals surface area contributed by atoms with Crippen LogP contribution in [0, 0.1) is 5.82 Å². The smallest absolute Gasteiger partial charge is 0.243 e. The predicted molar refractivity (Wildman–Crippen MR) is 97.0 cm³/mol. The van der Waals surface area contributed by atoms with Gasteiger partial charge in [-0.1, -0.05) is 31.2 Å². The van der Waals surface area contributed by atoms with Crippen LogP contribution in [0.2, 0.25) is 0 Å². The van der Waals surface area contributed by atoms with E-state index in [1.54, 1.807) is 31.2 Å². The van der Waals surface area contributed by atoms with Gasteiger partial charge in [-0.05, 0) is 29.8 Å². The first-order valence-corrected chi connectivity index (χ1v) is 9.99. The minimum Gasteiger partial charge on any atom is -0.313 e. The molecule has 1 fully saturated rings. The summed E-state index contributed by atoms with van der Waals surface area (Å²) >= 11 is 0. The van der Waals surface area contributed by atoms with Gasteiger partial charge in [-0.15, -0.1) is 0 Å². The first kappa shape index (κ1) is 18.7. The third kappa shape index (κ3) is 3.70. The van der Waals surface area contributed by atoms with E-state index in [0.717, 1.165) is 0 Å². The lowest BCUT2D eigenvalue weighted by Crippen LogP contribution is -2.48. The fraction of sp³-hybridized carbons (Fsp3) is 0.316. The number of hydrogen-bond acceptors (Lipinski definition) is 4. The number of carbonyl (C=O) groups excluding carboxylic acids is 1. The summed E-state index contributed by atoms with van der Waals surface area (Å²) in [6.45, 7) is 2.92. The number of halogens is 1. The Balaban J connectivity index is 2.00.